The van der Waals surface area contributed by atoms with Gasteiger partial charge in [0, 0.05) is 28.6 Å². The summed E-state index contributed by atoms with van der Waals surface area (Å²) in [7, 11) is 1.63. The Labute approximate surface area is 97.2 Å². The molecule has 0 unspecified atom stereocenters. The first-order chi connectivity index (χ1) is 8.19. The van der Waals surface area contributed by atoms with Crippen LogP contribution in [-0.2, 0) is 0 Å². The molecule has 3 aromatic rings. The summed E-state index contributed by atoms with van der Waals surface area (Å²) >= 11 is 0. The van der Waals surface area contributed by atoms with Crippen LogP contribution in [0.3, 0.4) is 0 Å². The van der Waals surface area contributed by atoms with Crippen molar-refractivity contribution in [3.63, 3.8) is 0 Å². The topological polar surface area (TPSA) is 57.9 Å². The van der Waals surface area contributed by atoms with Gasteiger partial charge in [0.05, 0.1) is 18.1 Å². The Balaban J connectivity index is 2.52. The first-order valence-electron chi connectivity index (χ1n) is 5.38. The fourth-order valence-electron chi connectivity index (χ4n) is 2.17. The highest BCUT2D eigenvalue weighted by Crippen LogP contribution is 2.28. The van der Waals surface area contributed by atoms with Gasteiger partial charge in [-0.3, -0.25) is 4.79 Å². The van der Waals surface area contributed by atoms with Crippen molar-refractivity contribution in [3.05, 3.63) is 40.2 Å². The number of methoxy groups -OCH3 is 1. The summed E-state index contributed by atoms with van der Waals surface area (Å²) in [6, 6.07) is 6.97. The monoisotopic (exact) mass is 228 g/mol. The van der Waals surface area contributed by atoms with E-state index in [-0.39, 0.29) is 5.43 Å². The summed E-state index contributed by atoms with van der Waals surface area (Å²) in [6.45, 7) is 1.97. The average Bonchev–Trinajstić information content (AvgIpc) is 2.67. The second kappa shape index (κ2) is 3.38. The molecule has 3 rings (SSSR count). The van der Waals surface area contributed by atoms with Crippen molar-refractivity contribution in [2.24, 2.45) is 0 Å². The highest BCUT2D eigenvalue weighted by molar-refractivity contribution is 6.08. The molecular weight excluding hydrogens is 216 g/mol. The van der Waals surface area contributed by atoms with Crippen molar-refractivity contribution in [2.45, 2.75) is 6.92 Å². The molecule has 2 heterocycles. The smallest absolute Gasteiger partial charge is 0.191 e. The van der Waals surface area contributed by atoms with Gasteiger partial charge in [-0.05, 0) is 19.1 Å². The Hall–Kier alpha value is -2.23. The zero-order valence-electron chi connectivity index (χ0n) is 9.63. The summed E-state index contributed by atoms with van der Waals surface area (Å²) in [5, 5.41) is 2.10. The van der Waals surface area contributed by atoms with E-state index in [0.717, 1.165) is 27.5 Å². The highest BCUT2D eigenvalue weighted by atomic mass is 16.5. The van der Waals surface area contributed by atoms with E-state index in [1.165, 1.54) is 0 Å². The molecule has 0 aliphatic heterocycles. The van der Waals surface area contributed by atoms with Crippen LogP contribution in [0.15, 0.2) is 29.1 Å². The first kappa shape index (κ1) is 9.96. The van der Waals surface area contributed by atoms with E-state index in [2.05, 4.69) is 9.97 Å². The lowest BCUT2D eigenvalue weighted by Gasteiger charge is -2.03. The number of benzene rings is 1. The third-order valence-electron chi connectivity index (χ3n) is 2.99. The summed E-state index contributed by atoms with van der Waals surface area (Å²) in [5.41, 5.74) is 2.87. The number of aromatic nitrogens is 2. The predicted octanol–water partition coefficient (Wildman–Crippen LogP) is 2.33. The van der Waals surface area contributed by atoms with Gasteiger partial charge in [0.1, 0.15) is 0 Å². The summed E-state index contributed by atoms with van der Waals surface area (Å²) in [5.74, 6) is 0.710. The summed E-state index contributed by atoms with van der Waals surface area (Å²) in [6.07, 6.45) is 0. The Morgan fingerprint density at radius 1 is 1.12 bits per heavy atom. The number of aryl methyl sites for hydroxylation is 1. The van der Waals surface area contributed by atoms with E-state index >= 15 is 0 Å². The molecule has 0 atom stereocenters. The normalized spacial score (nSPS) is 11.2. The fourth-order valence-corrected chi connectivity index (χ4v) is 2.17. The van der Waals surface area contributed by atoms with Crippen LogP contribution in [0.25, 0.3) is 21.8 Å². The van der Waals surface area contributed by atoms with Crippen LogP contribution in [0.2, 0.25) is 0 Å². The maximum absolute atomic E-state index is 11.3. The third kappa shape index (κ3) is 1.41. The molecule has 1 aromatic carbocycles. The van der Waals surface area contributed by atoms with Crippen LogP contribution in [0.1, 0.15) is 5.69 Å². The van der Waals surface area contributed by atoms with Crippen molar-refractivity contribution in [1.82, 2.24) is 9.97 Å². The average molecular weight is 228 g/mol. The lowest BCUT2D eigenvalue weighted by Crippen LogP contribution is -1.93. The van der Waals surface area contributed by atoms with Crippen LogP contribution in [0.5, 0.6) is 5.88 Å². The van der Waals surface area contributed by atoms with Gasteiger partial charge in [0.25, 0.3) is 0 Å². The van der Waals surface area contributed by atoms with E-state index in [1.54, 1.807) is 19.2 Å². The summed E-state index contributed by atoms with van der Waals surface area (Å²) in [4.78, 5) is 17.7. The fraction of sp³-hybridized carbons (Fsp3) is 0.154. The second-order valence-electron chi connectivity index (χ2n) is 4.08. The molecule has 0 aliphatic rings. The zero-order valence-corrected chi connectivity index (χ0v) is 9.63. The second-order valence-corrected chi connectivity index (χ2v) is 4.08. The minimum absolute atomic E-state index is 0.0117. The SMILES string of the molecule is COc1cc2c([nH]c3cc(=O)ccc32)c(C)[nH]1. The molecule has 0 radical (unpaired) electrons. The van der Waals surface area contributed by atoms with Gasteiger partial charge in [-0.25, -0.2) is 0 Å². The van der Waals surface area contributed by atoms with Crippen LogP contribution in [0.4, 0.5) is 0 Å². The van der Waals surface area contributed by atoms with Gasteiger partial charge >= 0.3 is 0 Å². The van der Waals surface area contributed by atoms with E-state index in [9.17, 15) is 4.79 Å². The Kier molecular flexibility index (Phi) is 1.98. The minimum atomic E-state index is 0.0117. The first-order valence-corrected chi connectivity index (χ1v) is 5.38. The lowest BCUT2D eigenvalue weighted by atomic mass is 10.1. The molecule has 4 nitrogen and oxygen atoms in total. The molecule has 0 aliphatic carbocycles. The number of fused-ring (bicyclic) bond motifs is 3. The van der Waals surface area contributed by atoms with Crippen molar-refractivity contribution < 1.29 is 4.74 Å². The van der Waals surface area contributed by atoms with Gasteiger partial charge < -0.3 is 14.7 Å². The Morgan fingerprint density at radius 2 is 1.94 bits per heavy atom. The molecule has 0 saturated carbocycles. The number of aromatic amines is 2. The Morgan fingerprint density at radius 3 is 2.71 bits per heavy atom. The van der Waals surface area contributed by atoms with Crippen LogP contribution >= 0.6 is 0 Å². The van der Waals surface area contributed by atoms with E-state index in [4.69, 9.17) is 4.74 Å². The molecule has 0 fully saturated rings. The number of nitrogens with one attached hydrogen (secondary N) is 2. The molecule has 17 heavy (non-hydrogen) atoms. The number of ether oxygens (including phenoxy) is 1. The quantitative estimate of drug-likeness (QED) is 0.671. The van der Waals surface area contributed by atoms with Gasteiger partial charge in [-0.1, -0.05) is 0 Å². The lowest BCUT2D eigenvalue weighted by molar-refractivity contribution is 0.398. The molecule has 0 amide bonds. The van der Waals surface area contributed by atoms with E-state index in [0.29, 0.717) is 5.88 Å². The molecule has 4 heteroatoms. The van der Waals surface area contributed by atoms with E-state index < -0.39 is 0 Å². The molecule has 0 spiro atoms. The molecule has 0 saturated heterocycles. The predicted molar refractivity (Wildman–Crippen MR) is 67.7 cm³/mol. The van der Waals surface area contributed by atoms with Crippen LogP contribution < -0.4 is 10.2 Å². The number of hydrogen-bond acceptors (Lipinski definition) is 2. The van der Waals surface area contributed by atoms with Crippen molar-refractivity contribution in [3.8, 4) is 5.88 Å². The highest BCUT2D eigenvalue weighted by Gasteiger charge is 2.08. The number of pyridine rings is 1. The standard InChI is InChI=1S/C13H12N2O2/c1-7-13-10(6-12(14-7)17-2)9-4-3-8(16)5-11(9)15-13/h3-6,14-15H,1-2H3. The minimum Gasteiger partial charge on any atom is -0.482 e. The molecule has 2 N–H and O–H groups in total. The maximum Gasteiger partial charge on any atom is 0.191 e. The number of H-pyrrole nitrogens is 2. The molecule has 86 valence electrons. The Bertz CT molecular complexity index is 768. The summed E-state index contributed by atoms with van der Waals surface area (Å²) < 4.78 is 5.21. The largest absolute Gasteiger partial charge is 0.482 e. The van der Waals surface area contributed by atoms with Crippen LogP contribution in [-0.4, -0.2) is 17.1 Å². The van der Waals surface area contributed by atoms with Crippen molar-refractivity contribution in [2.75, 3.05) is 7.11 Å². The maximum atomic E-state index is 11.3. The van der Waals surface area contributed by atoms with Gasteiger partial charge in [0.15, 0.2) is 11.3 Å². The van der Waals surface area contributed by atoms with Crippen molar-refractivity contribution in [1.29, 1.82) is 0 Å². The van der Waals surface area contributed by atoms with Gasteiger partial charge in [-0.15, -0.1) is 0 Å². The van der Waals surface area contributed by atoms with E-state index in [1.807, 2.05) is 19.1 Å². The molecule has 2 aromatic heterocycles. The number of rotatable bonds is 1. The zero-order chi connectivity index (χ0) is 12.0. The van der Waals surface area contributed by atoms with Gasteiger partial charge in [-0.2, -0.15) is 0 Å². The molecule has 0 bridgehead atoms. The van der Waals surface area contributed by atoms with Crippen molar-refractivity contribution >= 4 is 21.8 Å². The third-order valence-corrected chi connectivity index (χ3v) is 2.99. The van der Waals surface area contributed by atoms with Crippen LogP contribution in [0, 0.1) is 6.92 Å². The molecular formula is C13H12N2O2. The van der Waals surface area contributed by atoms with Gasteiger partial charge in [0.2, 0.25) is 0 Å². The number of hydrogen-bond donors (Lipinski definition) is 2.